The molecule has 0 bridgehead atoms. The zero-order valence-electron chi connectivity index (χ0n) is 36.7. The van der Waals surface area contributed by atoms with Crippen LogP contribution in [0.25, 0.3) is 54.9 Å². The molecule has 2 heteroatoms. The van der Waals surface area contributed by atoms with Gasteiger partial charge in [-0.05, 0) is 109 Å². The van der Waals surface area contributed by atoms with E-state index < -0.39 is 0 Å². The molecule has 0 aromatic heterocycles. The van der Waals surface area contributed by atoms with E-state index in [-0.39, 0.29) is 10.8 Å². The van der Waals surface area contributed by atoms with Gasteiger partial charge in [0.1, 0.15) is 0 Å². The summed E-state index contributed by atoms with van der Waals surface area (Å²) in [4.78, 5) is 5.13. The van der Waals surface area contributed by atoms with Crippen molar-refractivity contribution < 1.29 is 0 Å². The molecule has 0 saturated heterocycles. The molecule has 1 aliphatic heterocycles. The Kier molecular flexibility index (Phi) is 8.58. The summed E-state index contributed by atoms with van der Waals surface area (Å²) in [7, 11) is 0. The molecule has 0 radical (unpaired) electrons. The average molecular weight is 821 g/mol. The summed E-state index contributed by atoms with van der Waals surface area (Å²) >= 11 is 0. The van der Waals surface area contributed by atoms with Crippen molar-refractivity contribution in [1.82, 2.24) is 0 Å². The van der Waals surface area contributed by atoms with E-state index in [4.69, 9.17) is 0 Å². The lowest BCUT2D eigenvalue weighted by molar-refractivity contribution is 0.634. The molecule has 306 valence electrons. The molecule has 2 aliphatic rings. The molecule has 0 saturated carbocycles. The Morgan fingerprint density at radius 2 is 0.984 bits per heavy atom. The van der Waals surface area contributed by atoms with E-state index in [0.29, 0.717) is 0 Å². The minimum Gasteiger partial charge on any atom is -0.308 e. The molecule has 0 amide bonds. The number of hydrogen-bond acceptors (Lipinski definition) is 2. The first-order valence-corrected chi connectivity index (χ1v) is 22.5. The van der Waals surface area contributed by atoms with E-state index in [2.05, 4.69) is 256 Å². The number of fused-ring (bicyclic) bond motifs is 7. The third-order valence-corrected chi connectivity index (χ3v) is 14.2. The van der Waals surface area contributed by atoms with E-state index in [1.54, 1.807) is 0 Å². The molecular weight excluding hydrogens is 773 g/mol. The van der Waals surface area contributed by atoms with Crippen LogP contribution in [0.5, 0.6) is 0 Å². The number of rotatable bonds is 6. The second kappa shape index (κ2) is 14.4. The Morgan fingerprint density at radius 3 is 1.83 bits per heavy atom. The van der Waals surface area contributed by atoms with Crippen molar-refractivity contribution >= 4 is 55.7 Å². The predicted molar refractivity (Wildman–Crippen MR) is 271 cm³/mol. The molecule has 1 aliphatic carbocycles. The van der Waals surface area contributed by atoms with Crippen LogP contribution in [0.3, 0.4) is 0 Å². The Hall–Kier alpha value is -7.68. The minimum atomic E-state index is -0.310. The van der Waals surface area contributed by atoms with Gasteiger partial charge in [-0.3, -0.25) is 0 Å². The number of hydrogen-bond donors (Lipinski definition) is 0. The van der Waals surface area contributed by atoms with Gasteiger partial charge in [0.25, 0.3) is 0 Å². The zero-order chi connectivity index (χ0) is 43.2. The van der Waals surface area contributed by atoms with Gasteiger partial charge in [-0.25, -0.2) is 0 Å². The van der Waals surface area contributed by atoms with Crippen molar-refractivity contribution in [2.75, 3.05) is 9.80 Å². The van der Waals surface area contributed by atoms with Crippen LogP contribution in [0.2, 0.25) is 0 Å². The lowest BCUT2D eigenvalue weighted by Gasteiger charge is -2.44. The highest BCUT2D eigenvalue weighted by Crippen LogP contribution is 2.59. The fraction of sp³-hybridized carbons (Fsp3) is 0.0968. The van der Waals surface area contributed by atoms with Gasteiger partial charge in [-0.1, -0.05) is 204 Å². The highest BCUT2D eigenvalue weighted by atomic mass is 15.2. The van der Waals surface area contributed by atoms with Crippen LogP contribution < -0.4 is 9.80 Å². The first kappa shape index (κ1) is 38.0. The molecule has 1 heterocycles. The van der Waals surface area contributed by atoms with Gasteiger partial charge in [-0.2, -0.15) is 0 Å². The maximum Gasteiger partial charge on any atom is 0.0781 e. The quantitative estimate of drug-likeness (QED) is 0.165. The van der Waals surface area contributed by atoms with Crippen molar-refractivity contribution in [1.29, 1.82) is 0 Å². The summed E-state index contributed by atoms with van der Waals surface area (Å²) in [5.41, 5.74) is 19.2. The second-order valence-electron chi connectivity index (χ2n) is 18.5. The van der Waals surface area contributed by atoms with Gasteiger partial charge >= 0.3 is 0 Å². The SMILES string of the molecule is CC1(C)c2ccccc2-c2ccc(N(c3ccccc3-c3ccccc3)c3ccc4ccccc4c3N3c4ccccc4C(C)(C)c4c(-c5ccc6ccccc6c5)cccc43)cc21. The number of para-hydroxylation sites is 2. The summed E-state index contributed by atoms with van der Waals surface area (Å²) in [6.07, 6.45) is 0. The predicted octanol–water partition coefficient (Wildman–Crippen LogP) is 17.2. The van der Waals surface area contributed by atoms with E-state index in [1.807, 2.05) is 0 Å². The van der Waals surface area contributed by atoms with Crippen LogP contribution in [0, 0.1) is 0 Å². The molecular formula is C62H48N2. The van der Waals surface area contributed by atoms with Gasteiger partial charge in [-0.15, -0.1) is 0 Å². The molecule has 0 unspecified atom stereocenters. The molecule has 2 nitrogen and oxygen atoms in total. The summed E-state index contributed by atoms with van der Waals surface area (Å²) in [6, 6.07) is 81.1. The third-order valence-electron chi connectivity index (χ3n) is 14.2. The molecule has 10 aromatic carbocycles. The maximum atomic E-state index is 2.59. The molecule has 0 atom stereocenters. The maximum absolute atomic E-state index is 2.59. The Balaban J connectivity index is 1.17. The Labute approximate surface area is 376 Å². The van der Waals surface area contributed by atoms with E-state index >= 15 is 0 Å². The van der Waals surface area contributed by atoms with E-state index in [0.717, 1.165) is 22.7 Å². The smallest absolute Gasteiger partial charge is 0.0781 e. The number of nitrogens with zero attached hydrogens (tertiary/aromatic N) is 2. The van der Waals surface area contributed by atoms with Crippen molar-refractivity contribution in [2.45, 2.75) is 38.5 Å². The van der Waals surface area contributed by atoms with Crippen molar-refractivity contribution in [2.24, 2.45) is 0 Å². The van der Waals surface area contributed by atoms with Gasteiger partial charge in [0.05, 0.1) is 28.4 Å². The fourth-order valence-electron chi connectivity index (χ4n) is 11.1. The summed E-state index contributed by atoms with van der Waals surface area (Å²) in [5.74, 6) is 0. The van der Waals surface area contributed by atoms with Crippen molar-refractivity contribution in [3.8, 4) is 33.4 Å². The zero-order valence-corrected chi connectivity index (χ0v) is 36.7. The van der Waals surface area contributed by atoms with Crippen LogP contribution in [-0.2, 0) is 10.8 Å². The summed E-state index contributed by atoms with van der Waals surface area (Å²) in [5, 5.41) is 4.87. The molecule has 64 heavy (non-hydrogen) atoms. The molecule has 10 aromatic rings. The topological polar surface area (TPSA) is 6.48 Å². The van der Waals surface area contributed by atoms with Gasteiger partial charge in [0, 0.05) is 27.5 Å². The van der Waals surface area contributed by atoms with Crippen LogP contribution in [0.1, 0.15) is 49.9 Å². The van der Waals surface area contributed by atoms with E-state index in [1.165, 1.54) is 88.6 Å². The Morgan fingerprint density at radius 1 is 0.359 bits per heavy atom. The normalized spacial score (nSPS) is 14.2. The van der Waals surface area contributed by atoms with Crippen molar-refractivity contribution in [3.05, 3.63) is 241 Å². The molecule has 0 spiro atoms. The fourth-order valence-corrected chi connectivity index (χ4v) is 11.1. The highest BCUT2D eigenvalue weighted by Gasteiger charge is 2.41. The van der Waals surface area contributed by atoms with Crippen LogP contribution >= 0.6 is 0 Å². The van der Waals surface area contributed by atoms with Crippen LogP contribution in [0.4, 0.5) is 34.1 Å². The number of benzene rings is 10. The monoisotopic (exact) mass is 820 g/mol. The van der Waals surface area contributed by atoms with Gasteiger partial charge < -0.3 is 9.80 Å². The van der Waals surface area contributed by atoms with Gasteiger partial charge in [0.15, 0.2) is 0 Å². The lowest BCUT2D eigenvalue weighted by Crippen LogP contribution is -2.32. The van der Waals surface area contributed by atoms with Crippen molar-refractivity contribution in [3.63, 3.8) is 0 Å². The third kappa shape index (κ3) is 5.72. The minimum absolute atomic E-state index is 0.172. The second-order valence-corrected chi connectivity index (χ2v) is 18.5. The highest BCUT2D eigenvalue weighted by molar-refractivity contribution is 6.10. The lowest BCUT2D eigenvalue weighted by atomic mass is 9.70. The molecule has 0 fully saturated rings. The number of anilines is 6. The average Bonchev–Trinajstić information content (AvgIpc) is 3.57. The largest absolute Gasteiger partial charge is 0.308 e. The Bertz CT molecular complexity index is 3470. The van der Waals surface area contributed by atoms with E-state index in [9.17, 15) is 0 Å². The summed E-state index contributed by atoms with van der Waals surface area (Å²) < 4.78 is 0. The molecule has 12 rings (SSSR count). The standard InChI is InChI=1S/C62H48N2/c1-61(2)52-28-14-12-26-50(52)51-37-36-46(40-54(51)61)63(55-30-16-13-24-47(55)42-20-6-5-7-21-42)58-38-35-43-22-10-11-25-49(43)60(58)64-56-31-17-15-29-53(56)62(3,4)59-48(27-18-32-57(59)64)45-34-33-41-19-8-9-23-44(41)39-45/h5-40H,1-4H3. The first-order valence-electron chi connectivity index (χ1n) is 22.5. The molecule has 0 N–H and O–H groups in total. The summed E-state index contributed by atoms with van der Waals surface area (Å²) in [6.45, 7) is 9.57. The first-order chi connectivity index (χ1) is 31.3. The van der Waals surface area contributed by atoms with Gasteiger partial charge in [0.2, 0.25) is 0 Å². The van der Waals surface area contributed by atoms with Crippen LogP contribution in [-0.4, -0.2) is 0 Å². The van der Waals surface area contributed by atoms with Crippen LogP contribution in [0.15, 0.2) is 218 Å².